The fourth-order valence-electron chi connectivity index (χ4n) is 3.29. The summed E-state index contributed by atoms with van der Waals surface area (Å²) >= 11 is 0. The first-order valence-corrected chi connectivity index (χ1v) is 8.35. The maximum atomic E-state index is 4.67. The van der Waals surface area contributed by atoms with Crippen molar-refractivity contribution in [3.63, 3.8) is 0 Å². The highest BCUT2D eigenvalue weighted by Gasteiger charge is 2.17. The summed E-state index contributed by atoms with van der Waals surface area (Å²) in [6.45, 7) is 6.36. The van der Waals surface area contributed by atoms with Crippen molar-refractivity contribution in [2.45, 2.75) is 39.2 Å². The first-order valence-electron chi connectivity index (χ1n) is 8.35. The Labute approximate surface area is 137 Å². The molecule has 124 valence electrons. The third-order valence-corrected chi connectivity index (χ3v) is 4.51. The molecule has 2 aromatic heterocycles. The standard InChI is InChI=1S/C17H26N6/c1-11-10-12(2)19-16-14(11)15(18-3)21-17(22-16)20-13-6-5-8-23(4)9-7-13/h10,13H,5-9H2,1-4H3,(H2,18,19,20,21,22)/t13-/m0/s1. The molecule has 2 aromatic rings. The van der Waals surface area contributed by atoms with E-state index in [2.05, 4.69) is 50.5 Å². The van der Waals surface area contributed by atoms with E-state index < -0.39 is 0 Å². The maximum Gasteiger partial charge on any atom is 0.226 e. The van der Waals surface area contributed by atoms with Gasteiger partial charge in [-0.2, -0.15) is 9.97 Å². The molecule has 0 saturated carbocycles. The van der Waals surface area contributed by atoms with E-state index in [4.69, 9.17) is 0 Å². The number of aryl methyl sites for hydroxylation is 2. The number of anilines is 2. The Kier molecular flexibility index (Phi) is 4.61. The van der Waals surface area contributed by atoms with E-state index in [1.54, 1.807) is 0 Å². The van der Waals surface area contributed by atoms with Gasteiger partial charge in [-0.05, 0) is 64.9 Å². The van der Waals surface area contributed by atoms with Crippen LogP contribution in [0.1, 0.15) is 30.5 Å². The van der Waals surface area contributed by atoms with Crippen molar-refractivity contribution in [1.29, 1.82) is 0 Å². The number of hydrogen-bond acceptors (Lipinski definition) is 6. The van der Waals surface area contributed by atoms with E-state index in [0.29, 0.717) is 12.0 Å². The highest BCUT2D eigenvalue weighted by atomic mass is 15.2. The summed E-state index contributed by atoms with van der Waals surface area (Å²) in [6, 6.07) is 2.49. The van der Waals surface area contributed by atoms with Gasteiger partial charge in [0.15, 0.2) is 5.65 Å². The Bertz CT molecular complexity index is 699. The molecule has 23 heavy (non-hydrogen) atoms. The molecule has 0 amide bonds. The van der Waals surface area contributed by atoms with E-state index in [0.717, 1.165) is 47.5 Å². The second-order valence-electron chi connectivity index (χ2n) is 6.50. The van der Waals surface area contributed by atoms with Gasteiger partial charge in [0.1, 0.15) is 5.82 Å². The number of fused-ring (bicyclic) bond motifs is 1. The lowest BCUT2D eigenvalue weighted by Crippen LogP contribution is -2.24. The number of nitrogens with zero attached hydrogens (tertiary/aromatic N) is 4. The second kappa shape index (κ2) is 6.66. The Balaban J connectivity index is 1.92. The molecule has 1 fully saturated rings. The molecule has 1 aliphatic heterocycles. The lowest BCUT2D eigenvalue weighted by molar-refractivity contribution is 0.348. The molecular weight excluding hydrogens is 288 g/mol. The average molecular weight is 314 g/mol. The Hall–Kier alpha value is -1.95. The van der Waals surface area contributed by atoms with E-state index >= 15 is 0 Å². The van der Waals surface area contributed by atoms with E-state index in [1.165, 1.54) is 13.0 Å². The molecular formula is C17H26N6. The Morgan fingerprint density at radius 2 is 1.96 bits per heavy atom. The van der Waals surface area contributed by atoms with Crippen LogP contribution in [0, 0.1) is 13.8 Å². The number of rotatable bonds is 3. The largest absolute Gasteiger partial charge is 0.372 e. The molecule has 1 saturated heterocycles. The average Bonchev–Trinajstić information content (AvgIpc) is 2.70. The molecule has 3 heterocycles. The van der Waals surface area contributed by atoms with Gasteiger partial charge < -0.3 is 15.5 Å². The van der Waals surface area contributed by atoms with Crippen LogP contribution in [0.5, 0.6) is 0 Å². The number of hydrogen-bond donors (Lipinski definition) is 2. The topological polar surface area (TPSA) is 66.0 Å². The van der Waals surface area contributed by atoms with Gasteiger partial charge in [0, 0.05) is 18.8 Å². The number of likely N-dealkylation sites (tertiary alicyclic amines) is 1. The van der Waals surface area contributed by atoms with Crippen LogP contribution in [0.15, 0.2) is 6.07 Å². The SMILES string of the molecule is CNc1nc(N[C@H]2CCCN(C)CC2)nc2nc(C)cc(C)c12. The number of pyridine rings is 1. The third kappa shape index (κ3) is 3.52. The van der Waals surface area contributed by atoms with Crippen LogP contribution in [-0.2, 0) is 0 Å². The third-order valence-electron chi connectivity index (χ3n) is 4.51. The molecule has 0 unspecified atom stereocenters. The van der Waals surface area contributed by atoms with Crippen molar-refractivity contribution in [3.05, 3.63) is 17.3 Å². The molecule has 1 aliphatic rings. The number of nitrogens with one attached hydrogen (secondary N) is 2. The molecule has 6 nitrogen and oxygen atoms in total. The van der Waals surface area contributed by atoms with Gasteiger partial charge >= 0.3 is 0 Å². The molecule has 0 aromatic carbocycles. The van der Waals surface area contributed by atoms with Crippen molar-refractivity contribution in [2.24, 2.45) is 0 Å². The zero-order valence-electron chi connectivity index (χ0n) is 14.5. The predicted molar refractivity (Wildman–Crippen MR) is 95.1 cm³/mol. The summed E-state index contributed by atoms with van der Waals surface area (Å²) in [5.41, 5.74) is 2.90. The van der Waals surface area contributed by atoms with Crippen LogP contribution in [0.2, 0.25) is 0 Å². The van der Waals surface area contributed by atoms with Gasteiger partial charge in [-0.3, -0.25) is 0 Å². The van der Waals surface area contributed by atoms with Gasteiger partial charge in [-0.1, -0.05) is 0 Å². The molecule has 0 radical (unpaired) electrons. The molecule has 3 rings (SSSR count). The summed E-state index contributed by atoms with van der Waals surface area (Å²) in [5.74, 6) is 1.52. The van der Waals surface area contributed by atoms with Crippen molar-refractivity contribution in [2.75, 3.05) is 37.8 Å². The highest BCUT2D eigenvalue weighted by molar-refractivity contribution is 5.90. The quantitative estimate of drug-likeness (QED) is 0.908. The van der Waals surface area contributed by atoms with Gasteiger partial charge in [0.25, 0.3) is 0 Å². The summed E-state index contributed by atoms with van der Waals surface area (Å²) < 4.78 is 0. The zero-order chi connectivity index (χ0) is 16.4. The fraction of sp³-hybridized carbons (Fsp3) is 0.588. The van der Waals surface area contributed by atoms with Crippen LogP contribution in [0.4, 0.5) is 11.8 Å². The van der Waals surface area contributed by atoms with Gasteiger partial charge in [-0.15, -0.1) is 0 Å². The van der Waals surface area contributed by atoms with Gasteiger partial charge in [0.2, 0.25) is 5.95 Å². The minimum absolute atomic E-state index is 0.424. The second-order valence-corrected chi connectivity index (χ2v) is 6.50. The lowest BCUT2D eigenvalue weighted by atomic mass is 10.1. The van der Waals surface area contributed by atoms with Crippen molar-refractivity contribution in [1.82, 2.24) is 19.9 Å². The molecule has 2 N–H and O–H groups in total. The Morgan fingerprint density at radius 3 is 2.74 bits per heavy atom. The molecule has 0 aliphatic carbocycles. The summed E-state index contributed by atoms with van der Waals surface area (Å²) in [4.78, 5) is 16.3. The predicted octanol–water partition coefficient (Wildman–Crippen LogP) is 2.58. The summed E-state index contributed by atoms with van der Waals surface area (Å²) in [5, 5.41) is 7.71. The van der Waals surface area contributed by atoms with Crippen LogP contribution < -0.4 is 10.6 Å². The van der Waals surface area contributed by atoms with Crippen LogP contribution in [-0.4, -0.2) is 53.1 Å². The smallest absolute Gasteiger partial charge is 0.226 e. The normalized spacial score (nSPS) is 19.6. The van der Waals surface area contributed by atoms with E-state index in [-0.39, 0.29) is 0 Å². The van der Waals surface area contributed by atoms with E-state index in [9.17, 15) is 0 Å². The molecule has 0 spiro atoms. The lowest BCUT2D eigenvalue weighted by Gasteiger charge is -2.18. The van der Waals surface area contributed by atoms with Crippen LogP contribution in [0.25, 0.3) is 11.0 Å². The Morgan fingerprint density at radius 1 is 1.13 bits per heavy atom. The van der Waals surface area contributed by atoms with Crippen LogP contribution >= 0.6 is 0 Å². The van der Waals surface area contributed by atoms with Crippen molar-refractivity contribution < 1.29 is 0 Å². The minimum Gasteiger partial charge on any atom is -0.372 e. The highest BCUT2D eigenvalue weighted by Crippen LogP contribution is 2.25. The summed E-state index contributed by atoms with van der Waals surface area (Å²) in [7, 11) is 4.08. The summed E-state index contributed by atoms with van der Waals surface area (Å²) in [6.07, 6.45) is 3.48. The first-order chi connectivity index (χ1) is 11.1. The van der Waals surface area contributed by atoms with E-state index in [1.807, 2.05) is 14.0 Å². The monoisotopic (exact) mass is 314 g/mol. The van der Waals surface area contributed by atoms with Crippen molar-refractivity contribution >= 4 is 22.8 Å². The first kappa shape index (κ1) is 15.9. The number of aromatic nitrogens is 3. The van der Waals surface area contributed by atoms with Gasteiger partial charge in [0.05, 0.1) is 5.39 Å². The van der Waals surface area contributed by atoms with Crippen molar-refractivity contribution in [3.8, 4) is 0 Å². The molecule has 6 heteroatoms. The van der Waals surface area contributed by atoms with Crippen LogP contribution in [0.3, 0.4) is 0 Å². The fourth-order valence-corrected chi connectivity index (χ4v) is 3.29. The molecule has 0 bridgehead atoms. The minimum atomic E-state index is 0.424. The van der Waals surface area contributed by atoms with Gasteiger partial charge in [-0.25, -0.2) is 4.98 Å². The maximum absolute atomic E-state index is 4.67. The zero-order valence-corrected chi connectivity index (χ0v) is 14.5. The molecule has 1 atom stereocenters.